The molecule has 1 aliphatic heterocycles. The summed E-state index contributed by atoms with van der Waals surface area (Å²) in [6, 6.07) is 16.5. The van der Waals surface area contributed by atoms with Gasteiger partial charge in [-0.25, -0.2) is 0 Å². The number of hydrogen-bond donors (Lipinski definition) is 1. The zero-order valence-electron chi connectivity index (χ0n) is 16.0. The first-order chi connectivity index (χ1) is 14.1. The lowest BCUT2D eigenvalue weighted by atomic mass is 10.0. The molecule has 0 bridgehead atoms. The lowest BCUT2D eigenvalue weighted by molar-refractivity contribution is -0.144. The fourth-order valence-corrected chi connectivity index (χ4v) is 3.51. The first-order valence-electron chi connectivity index (χ1n) is 9.74. The summed E-state index contributed by atoms with van der Waals surface area (Å²) in [7, 11) is 0. The van der Waals surface area contributed by atoms with E-state index in [1.807, 2.05) is 42.5 Å². The first-order valence-corrected chi connectivity index (χ1v) is 9.74. The molecule has 2 aliphatic rings. The highest BCUT2D eigenvalue weighted by atomic mass is 16.5. The molecule has 0 atom stereocenters. The van der Waals surface area contributed by atoms with Gasteiger partial charge >= 0.3 is 0 Å². The normalized spacial score (nSPS) is 17.4. The van der Waals surface area contributed by atoms with Gasteiger partial charge < -0.3 is 19.9 Å². The second-order valence-corrected chi connectivity index (χ2v) is 7.38. The van der Waals surface area contributed by atoms with Gasteiger partial charge in [-0.05, 0) is 37.1 Å². The molecule has 0 radical (unpaired) electrons. The van der Waals surface area contributed by atoms with Gasteiger partial charge in [0.05, 0.1) is 5.69 Å². The van der Waals surface area contributed by atoms with Crippen molar-refractivity contribution in [3.63, 3.8) is 0 Å². The van der Waals surface area contributed by atoms with Gasteiger partial charge in [-0.1, -0.05) is 30.3 Å². The number of anilines is 1. The Labute approximate surface area is 169 Å². The van der Waals surface area contributed by atoms with E-state index < -0.39 is 5.41 Å². The second kappa shape index (κ2) is 7.95. The summed E-state index contributed by atoms with van der Waals surface area (Å²) in [6.07, 6.45) is 1.87. The summed E-state index contributed by atoms with van der Waals surface area (Å²) in [5.41, 5.74) is -0.477. The topological polar surface area (TPSA) is 79.0 Å². The summed E-state index contributed by atoms with van der Waals surface area (Å²) in [5.74, 6) is 0.737. The van der Waals surface area contributed by atoms with Gasteiger partial charge in [0.25, 0.3) is 0 Å². The van der Waals surface area contributed by atoms with Crippen molar-refractivity contribution in [2.75, 3.05) is 31.5 Å². The zero-order chi connectivity index (χ0) is 20.3. The minimum absolute atomic E-state index is 0.151. The molecule has 150 valence electrons. The van der Waals surface area contributed by atoms with E-state index in [0.29, 0.717) is 56.2 Å². The summed E-state index contributed by atoms with van der Waals surface area (Å²) in [6.45, 7) is 1.92. The van der Waals surface area contributed by atoms with Crippen molar-refractivity contribution in [1.29, 1.82) is 0 Å². The Hall–Kier alpha value is -3.35. The number of nitrogens with one attached hydrogen (secondary N) is 1. The molecule has 1 aliphatic carbocycles. The van der Waals surface area contributed by atoms with Crippen LogP contribution in [0.15, 0.2) is 54.6 Å². The van der Waals surface area contributed by atoms with Gasteiger partial charge in [-0.15, -0.1) is 0 Å². The molecule has 1 saturated carbocycles. The third kappa shape index (κ3) is 3.94. The summed E-state index contributed by atoms with van der Waals surface area (Å²) in [5, 5.41) is 2.90. The van der Waals surface area contributed by atoms with Crippen LogP contribution in [0, 0.1) is 5.41 Å². The lowest BCUT2D eigenvalue weighted by Crippen LogP contribution is -2.52. The number of amides is 3. The molecule has 29 heavy (non-hydrogen) atoms. The second-order valence-electron chi connectivity index (χ2n) is 7.38. The number of para-hydroxylation sites is 3. The van der Waals surface area contributed by atoms with Crippen molar-refractivity contribution in [1.82, 2.24) is 9.80 Å². The molecule has 2 aromatic rings. The fourth-order valence-electron chi connectivity index (χ4n) is 3.51. The SMILES string of the molecule is O=CN1CCN(C(=O)C2(C(=O)Nc3ccccc3Oc3ccccc3)CC2)CC1. The predicted molar refractivity (Wildman–Crippen MR) is 107 cm³/mol. The van der Waals surface area contributed by atoms with Crippen molar-refractivity contribution >= 4 is 23.9 Å². The molecule has 2 fully saturated rings. The van der Waals surface area contributed by atoms with Gasteiger partial charge in [0.1, 0.15) is 11.2 Å². The Bertz CT molecular complexity index is 903. The molecule has 1 heterocycles. The maximum atomic E-state index is 13.0. The minimum atomic E-state index is -1.01. The van der Waals surface area contributed by atoms with Crippen molar-refractivity contribution in [3.8, 4) is 11.5 Å². The average Bonchev–Trinajstić information content (AvgIpc) is 3.58. The van der Waals surface area contributed by atoms with Crippen molar-refractivity contribution < 1.29 is 19.1 Å². The maximum Gasteiger partial charge on any atom is 0.240 e. The number of benzene rings is 2. The standard InChI is InChI=1S/C22H23N3O4/c26-16-24-12-14-25(15-13-24)21(28)22(10-11-22)20(27)23-18-8-4-5-9-19(18)29-17-6-2-1-3-7-17/h1-9,16H,10-15H2,(H,23,27). The Kier molecular flexibility index (Phi) is 5.20. The van der Waals surface area contributed by atoms with Crippen molar-refractivity contribution in [2.45, 2.75) is 12.8 Å². The van der Waals surface area contributed by atoms with E-state index in [9.17, 15) is 14.4 Å². The van der Waals surface area contributed by atoms with E-state index in [0.717, 1.165) is 6.41 Å². The highest BCUT2D eigenvalue weighted by Crippen LogP contribution is 2.48. The molecular formula is C22H23N3O4. The first kappa shape index (κ1) is 19.0. The summed E-state index contributed by atoms with van der Waals surface area (Å²) >= 11 is 0. The number of hydrogen-bond acceptors (Lipinski definition) is 4. The third-order valence-corrected chi connectivity index (χ3v) is 5.45. The van der Waals surface area contributed by atoms with Gasteiger partial charge in [-0.2, -0.15) is 0 Å². The Morgan fingerprint density at radius 3 is 2.24 bits per heavy atom. The molecule has 4 rings (SSSR count). The van der Waals surface area contributed by atoms with E-state index in [1.54, 1.807) is 21.9 Å². The Morgan fingerprint density at radius 1 is 0.931 bits per heavy atom. The average molecular weight is 393 g/mol. The molecule has 1 saturated heterocycles. The largest absolute Gasteiger partial charge is 0.455 e. The molecule has 7 heteroatoms. The molecular weight excluding hydrogens is 370 g/mol. The van der Waals surface area contributed by atoms with E-state index in [1.165, 1.54) is 0 Å². The van der Waals surface area contributed by atoms with Crippen LogP contribution in [0.5, 0.6) is 11.5 Å². The van der Waals surface area contributed by atoms with Crippen LogP contribution in [-0.2, 0) is 14.4 Å². The van der Waals surface area contributed by atoms with Gasteiger partial charge in [-0.3, -0.25) is 14.4 Å². The smallest absolute Gasteiger partial charge is 0.240 e. The van der Waals surface area contributed by atoms with E-state index in [2.05, 4.69) is 5.32 Å². The van der Waals surface area contributed by atoms with E-state index >= 15 is 0 Å². The molecule has 0 unspecified atom stereocenters. The van der Waals surface area contributed by atoms with Gasteiger partial charge in [0, 0.05) is 26.2 Å². The van der Waals surface area contributed by atoms with E-state index in [4.69, 9.17) is 4.74 Å². The summed E-state index contributed by atoms with van der Waals surface area (Å²) < 4.78 is 5.90. The lowest BCUT2D eigenvalue weighted by Gasteiger charge is -2.34. The van der Waals surface area contributed by atoms with Crippen LogP contribution in [0.25, 0.3) is 0 Å². The van der Waals surface area contributed by atoms with Gasteiger partial charge in [0.2, 0.25) is 18.2 Å². The molecule has 3 amide bonds. The molecule has 2 aromatic carbocycles. The molecule has 7 nitrogen and oxygen atoms in total. The fraction of sp³-hybridized carbons (Fsp3) is 0.318. The van der Waals surface area contributed by atoms with Crippen LogP contribution in [0.4, 0.5) is 5.69 Å². The highest BCUT2D eigenvalue weighted by molar-refractivity contribution is 6.13. The molecule has 0 spiro atoms. The highest BCUT2D eigenvalue weighted by Gasteiger charge is 2.58. The monoisotopic (exact) mass is 393 g/mol. The minimum Gasteiger partial charge on any atom is -0.455 e. The number of piperazine rings is 1. The third-order valence-electron chi connectivity index (χ3n) is 5.45. The number of rotatable bonds is 6. The van der Waals surface area contributed by atoms with Crippen LogP contribution in [-0.4, -0.2) is 54.2 Å². The van der Waals surface area contributed by atoms with Crippen LogP contribution < -0.4 is 10.1 Å². The van der Waals surface area contributed by atoms with Crippen LogP contribution >= 0.6 is 0 Å². The zero-order valence-corrected chi connectivity index (χ0v) is 16.0. The molecule has 0 aromatic heterocycles. The predicted octanol–water partition coefficient (Wildman–Crippen LogP) is 2.50. The van der Waals surface area contributed by atoms with Crippen LogP contribution in [0.3, 0.4) is 0 Å². The number of carbonyl (C=O) groups excluding carboxylic acids is 3. The van der Waals surface area contributed by atoms with Gasteiger partial charge in [0.15, 0.2) is 5.75 Å². The number of carbonyl (C=O) groups is 3. The van der Waals surface area contributed by atoms with Crippen molar-refractivity contribution in [3.05, 3.63) is 54.6 Å². The Balaban J connectivity index is 1.45. The van der Waals surface area contributed by atoms with E-state index in [-0.39, 0.29) is 11.8 Å². The van der Waals surface area contributed by atoms with Crippen LogP contribution in [0.2, 0.25) is 0 Å². The molecule has 1 N–H and O–H groups in total. The number of nitrogens with zero attached hydrogens (tertiary/aromatic N) is 2. The summed E-state index contributed by atoms with van der Waals surface area (Å²) in [4.78, 5) is 40.2. The quantitative estimate of drug-likeness (QED) is 0.604. The van der Waals surface area contributed by atoms with Crippen molar-refractivity contribution in [2.24, 2.45) is 5.41 Å². The van der Waals surface area contributed by atoms with Crippen LogP contribution in [0.1, 0.15) is 12.8 Å². The maximum absolute atomic E-state index is 13.0. The Morgan fingerprint density at radius 2 is 1.59 bits per heavy atom. The number of ether oxygens (including phenoxy) is 1.